The second-order valence-electron chi connectivity index (χ2n) is 9.84. The van der Waals surface area contributed by atoms with E-state index in [-0.39, 0.29) is 24.5 Å². The highest BCUT2D eigenvalue weighted by atomic mass is 35.5. The Kier molecular flexibility index (Phi) is 13.2. The summed E-state index contributed by atoms with van der Waals surface area (Å²) in [6.07, 6.45) is 7.43. The summed E-state index contributed by atoms with van der Waals surface area (Å²) >= 11 is 0. The molecule has 2 amide bonds. The summed E-state index contributed by atoms with van der Waals surface area (Å²) in [7, 11) is -3.30. The number of hydrogen-bond acceptors (Lipinski definition) is 5. The molecule has 0 unspecified atom stereocenters. The van der Waals surface area contributed by atoms with Gasteiger partial charge in [-0.25, -0.2) is 13.2 Å². The van der Waals surface area contributed by atoms with E-state index in [1.165, 1.54) is 5.56 Å². The van der Waals surface area contributed by atoms with Crippen LogP contribution in [0.4, 0.5) is 10.5 Å². The number of piperidine rings is 1. The highest BCUT2D eigenvalue weighted by Crippen LogP contribution is 2.24. The number of ether oxygens (including phenoxy) is 1. The Morgan fingerprint density at radius 3 is 2.11 bits per heavy atom. The lowest BCUT2D eigenvalue weighted by Gasteiger charge is -2.34. The van der Waals surface area contributed by atoms with Crippen molar-refractivity contribution in [3.8, 4) is 11.5 Å². The summed E-state index contributed by atoms with van der Waals surface area (Å²) in [6.45, 7) is 8.75. The molecule has 0 atom stereocenters. The number of halogens is 1. The van der Waals surface area contributed by atoms with Crippen LogP contribution in [0.1, 0.15) is 57.9 Å². The molecule has 2 aromatic rings. The van der Waals surface area contributed by atoms with Gasteiger partial charge in [0.1, 0.15) is 11.5 Å². The van der Waals surface area contributed by atoms with Crippen molar-refractivity contribution in [2.45, 2.75) is 65.0 Å². The van der Waals surface area contributed by atoms with E-state index in [0.29, 0.717) is 11.4 Å². The van der Waals surface area contributed by atoms with Crippen LogP contribution in [0.2, 0.25) is 0 Å². The van der Waals surface area contributed by atoms with Crippen molar-refractivity contribution in [1.29, 1.82) is 0 Å². The van der Waals surface area contributed by atoms with Crippen molar-refractivity contribution in [2.24, 2.45) is 0 Å². The van der Waals surface area contributed by atoms with Gasteiger partial charge in [0.15, 0.2) is 0 Å². The fraction of sp³-hybridized carbons (Fsp3) is 0.536. The number of rotatable bonds is 13. The summed E-state index contributed by atoms with van der Waals surface area (Å²) in [5.41, 5.74) is 1.71. The van der Waals surface area contributed by atoms with Crippen LogP contribution < -0.4 is 14.8 Å². The summed E-state index contributed by atoms with van der Waals surface area (Å²) in [4.78, 5) is 17.2. The number of nitrogens with zero attached hydrogens (tertiary/aromatic N) is 2. The molecule has 10 heteroatoms. The lowest BCUT2D eigenvalue weighted by Crippen LogP contribution is -2.49. The van der Waals surface area contributed by atoms with E-state index in [9.17, 15) is 13.2 Å². The van der Waals surface area contributed by atoms with Gasteiger partial charge in [-0.15, -0.1) is 12.4 Å². The molecule has 0 spiro atoms. The zero-order chi connectivity index (χ0) is 26.7. The molecule has 2 aromatic carbocycles. The largest absolute Gasteiger partial charge is 0.457 e. The van der Waals surface area contributed by atoms with Gasteiger partial charge in [0.25, 0.3) is 0 Å². The summed E-state index contributed by atoms with van der Waals surface area (Å²) in [5.74, 6) is 1.36. The first-order valence-electron chi connectivity index (χ1n) is 13.4. The number of benzene rings is 2. The van der Waals surface area contributed by atoms with E-state index >= 15 is 0 Å². The first kappa shape index (κ1) is 31.7. The second kappa shape index (κ2) is 15.8. The molecule has 0 saturated carbocycles. The lowest BCUT2D eigenvalue weighted by atomic mass is 10.0. The standard InChI is InChI=1S/C28H42N4O4S.ClH/c1-4-6-7-19-32(18-5-2)28(33)29-24-16-20-31(21-17-24)22-23-8-12-26(13-9-23)36-27-14-10-25(11-15-27)30-37(3,34)35;/h8-15,24,30H,4-7,16-22H2,1-3H3,(H,29,33);1H. The second-order valence-corrected chi connectivity index (χ2v) is 11.6. The molecule has 212 valence electrons. The highest BCUT2D eigenvalue weighted by molar-refractivity contribution is 7.92. The Morgan fingerprint density at radius 1 is 0.947 bits per heavy atom. The third-order valence-corrected chi connectivity index (χ3v) is 7.06. The lowest BCUT2D eigenvalue weighted by molar-refractivity contribution is 0.168. The maximum atomic E-state index is 12.8. The first-order chi connectivity index (χ1) is 17.8. The molecule has 0 bridgehead atoms. The molecule has 38 heavy (non-hydrogen) atoms. The topological polar surface area (TPSA) is 91.0 Å². The molecule has 0 aromatic heterocycles. The summed E-state index contributed by atoms with van der Waals surface area (Å²) in [6, 6.07) is 15.2. The average Bonchev–Trinajstić information content (AvgIpc) is 2.86. The molecule has 0 aliphatic carbocycles. The Morgan fingerprint density at radius 2 is 1.55 bits per heavy atom. The van der Waals surface area contributed by atoms with Crippen LogP contribution in [0.5, 0.6) is 11.5 Å². The van der Waals surface area contributed by atoms with E-state index in [1.807, 2.05) is 17.0 Å². The number of unbranched alkanes of at least 4 members (excludes halogenated alkanes) is 2. The Bertz CT molecular complexity index is 1070. The maximum absolute atomic E-state index is 12.8. The third-order valence-electron chi connectivity index (χ3n) is 6.45. The molecular weight excluding hydrogens is 524 g/mol. The van der Waals surface area contributed by atoms with E-state index < -0.39 is 10.0 Å². The van der Waals surface area contributed by atoms with Crippen LogP contribution in [0.15, 0.2) is 48.5 Å². The zero-order valence-electron chi connectivity index (χ0n) is 22.8. The Hall–Kier alpha value is -2.49. The van der Waals surface area contributed by atoms with Gasteiger partial charge in [-0.1, -0.05) is 38.8 Å². The van der Waals surface area contributed by atoms with Crippen LogP contribution in [0, 0.1) is 0 Å². The molecule has 0 radical (unpaired) electrons. The van der Waals surface area contributed by atoms with Crippen LogP contribution in [-0.2, 0) is 16.6 Å². The summed E-state index contributed by atoms with van der Waals surface area (Å²) in [5, 5.41) is 3.27. The van der Waals surface area contributed by atoms with Gasteiger partial charge in [0.05, 0.1) is 6.26 Å². The summed E-state index contributed by atoms with van der Waals surface area (Å²) < 4.78 is 31.0. The molecule has 3 rings (SSSR count). The Labute approximate surface area is 234 Å². The Balaban J connectivity index is 0.00000507. The minimum atomic E-state index is -3.30. The van der Waals surface area contributed by atoms with E-state index in [4.69, 9.17) is 4.74 Å². The van der Waals surface area contributed by atoms with Gasteiger partial charge >= 0.3 is 6.03 Å². The number of urea groups is 1. The number of anilines is 1. The fourth-order valence-corrected chi connectivity index (χ4v) is 5.07. The minimum Gasteiger partial charge on any atom is -0.457 e. The third kappa shape index (κ3) is 11.1. The van der Waals surface area contributed by atoms with Gasteiger partial charge < -0.3 is 15.0 Å². The van der Waals surface area contributed by atoms with Crippen molar-refractivity contribution in [2.75, 3.05) is 37.2 Å². The van der Waals surface area contributed by atoms with Crippen molar-refractivity contribution < 1.29 is 17.9 Å². The first-order valence-corrected chi connectivity index (χ1v) is 15.3. The fourth-order valence-electron chi connectivity index (χ4n) is 4.50. The predicted octanol–water partition coefficient (Wildman–Crippen LogP) is 5.85. The smallest absolute Gasteiger partial charge is 0.317 e. The van der Waals surface area contributed by atoms with E-state index in [0.717, 1.165) is 83.3 Å². The van der Waals surface area contributed by atoms with Crippen LogP contribution in [-0.4, -0.2) is 62.7 Å². The molecule has 2 N–H and O–H groups in total. The van der Waals surface area contributed by atoms with Gasteiger partial charge in [-0.3, -0.25) is 9.62 Å². The van der Waals surface area contributed by atoms with Crippen molar-refractivity contribution in [3.63, 3.8) is 0 Å². The average molecular weight is 567 g/mol. The van der Waals surface area contributed by atoms with Crippen molar-refractivity contribution in [1.82, 2.24) is 15.1 Å². The molecule has 1 aliphatic rings. The van der Waals surface area contributed by atoms with Crippen LogP contribution in [0.25, 0.3) is 0 Å². The molecule has 1 heterocycles. The normalized spacial score (nSPS) is 14.4. The molecule has 1 saturated heterocycles. The van der Waals surface area contributed by atoms with Crippen LogP contribution in [0.3, 0.4) is 0 Å². The number of sulfonamides is 1. The van der Waals surface area contributed by atoms with E-state index in [2.05, 4.69) is 40.9 Å². The molecule has 1 aliphatic heterocycles. The van der Waals surface area contributed by atoms with Gasteiger partial charge in [0, 0.05) is 44.5 Å². The maximum Gasteiger partial charge on any atom is 0.317 e. The van der Waals surface area contributed by atoms with Gasteiger partial charge in [-0.2, -0.15) is 0 Å². The van der Waals surface area contributed by atoms with Crippen molar-refractivity contribution >= 4 is 34.1 Å². The number of carbonyl (C=O) groups excluding carboxylic acids is 1. The molecule has 8 nitrogen and oxygen atoms in total. The zero-order valence-corrected chi connectivity index (χ0v) is 24.5. The number of hydrogen-bond donors (Lipinski definition) is 2. The quantitative estimate of drug-likeness (QED) is 0.297. The SMILES string of the molecule is CCCCCN(CCC)C(=O)NC1CCN(Cc2ccc(Oc3ccc(NS(C)(=O)=O)cc3)cc2)CC1.Cl. The number of carbonyl (C=O) groups is 1. The van der Waals surface area contributed by atoms with Crippen molar-refractivity contribution in [3.05, 3.63) is 54.1 Å². The minimum absolute atomic E-state index is 0. The predicted molar refractivity (Wildman–Crippen MR) is 157 cm³/mol. The van der Waals surface area contributed by atoms with Gasteiger partial charge in [0.2, 0.25) is 10.0 Å². The van der Waals surface area contributed by atoms with Crippen LogP contribution >= 0.6 is 12.4 Å². The number of amides is 2. The van der Waals surface area contributed by atoms with E-state index in [1.54, 1.807) is 24.3 Å². The number of nitrogens with one attached hydrogen (secondary N) is 2. The highest BCUT2D eigenvalue weighted by Gasteiger charge is 2.22. The molecular formula is C28H43ClN4O4S. The monoisotopic (exact) mass is 566 g/mol. The molecule has 1 fully saturated rings. The van der Waals surface area contributed by atoms with Gasteiger partial charge in [-0.05, 0) is 67.6 Å². The number of likely N-dealkylation sites (tertiary alicyclic amines) is 1.